The molecule has 0 amide bonds. The minimum absolute atomic E-state index is 0.601. The molecule has 1 aliphatic carbocycles. The molecule has 1 atom stereocenters. The van der Waals surface area contributed by atoms with E-state index in [4.69, 9.17) is 0 Å². The van der Waals surface area contributed by atoms with E-state index in [2.05, 4.69) is 20.8 Å². The van der Waals surface area contributed by atoms with Gasteiger partial charge in [-0.15, -0.1) is 0 Å². The minimum atomic E-state index is 0.601. The van der Waals surface area contributed by atoms with Gasteiger partial charge in [-0.2, -0.15) is 0 Å². The largest absolute Gasteiger partial charge is 0.0625 e. The van der Waals surface area contributed by atoms with Crippen molar-refractivity contribution < 1.29 is 0 Å². The fourth-order valence-electron chi connectivity index (χ4n) is 2.95. The van der Waals surface area contributed by atoms with E-state index >= 15 is 0 Å². The lowest BCUT2D eigenvalue weighted by molar-refractivity contribution is 0.242. The first kappa shape index (κ1) is 12.1. The fraction of sp³-hybridized carbons (Fsp3) is 1.00. The zero-order valence-electron chi connectivity index (χ0n) is 10.4. The average molecular weight is 196 g/mol. The predicted octanol–water partition coefficient (Wildman–Crippen LogP) is 5.17. The van der Waals surface area contributed by atoms with Gasteiger partial charge in [0.15, 0.2) is 0 Å². The summed E-state index contributed by atoms with van der Waals surface area (Å²) in [5.41, 5.74) is 0.601. The van der Waals surface area contributed by atoms with Crippen molar-refractivity contribution in [2.24, 2.45) is 11.3 Å². The van der Waals surface area contributed by atoms with Crippen LogP contribution in [0, 0.1) is 11.3 Å². The third kappa shape index (κ3) is 5.02. The van der Waals surface area contributed by atoms with E-state index in [0.29, 0.717) is 5.41 Å². The van der Waals surface area contributed by atoms with Gasteiger partial charge in [0.1, 0.15) is 0 Å². The van der Waals surface area contributed by atoms with E-state index in [1.165, 1.54) is 57.8 Å². The van der Waals surface area contributed by atoms with Crippen LogP contribution in [0.2, 0.25) is 0 Å². The van der Waals surface area contributed by atoms with Gasteiger partial charge in [0.25, 0.3) is 0 Å². The van der Waals surface area contributed by atoms with Crippen molar-refractivity contribution in [3.05, 3.63) is 0 Å². The van der Waals surface area contributed by atoms with Crippen LogP contribution in [0.3, 0.4) is 0 Å². The van der Waals surface area contributed by atoms with Crippen LogP contribution in [0.25, 0.3) is 0 Å². The Bertz CT molecular complexity index is 146. The summed E-state index contributed by atoms with van der Waals surface area (Å²) in [4.78, 5) is 0. The highest BCUT2D eigenvalue weighted by atomic mass is 14.3. The number of rotatable bonds is 0. The van der Waals surface area contributed by atoms with Crippen LogP contribution in [0.4, 0.5) is 0 Å². The third-order valence-electron chi connectivity index (χ3n) is 3.70. The first-order valence-electron chi connectivity index (χ1n) is 6.60. The Morgan fingerprint density at radius 3 is 2.14 bits per heavy atom. The Hall–Kier alpha value is 0. The summed E-state index contributed by atoms with van der Waals surface area (Å²) in [6.45, 7) is 7.36. The van der Waals surface area contributed by atoms with Crippen molar-refractivity contribution in [2.45, 2.75) is 78.6 Å². The first-order valence-corrected chi connectivity index (χ1v) is 6.60. The number of hydrogen-bond donors (Lipinski definition) is 0. The Morgan fingerprint density at radius 2 is 1.43 bits per heavy atom. The lowest BCUT2D eigenvalue weighted by atomic mass is 9.78. The Labute approximate surface area is 90.5 Å². The monoisotopic (exact) mass is 196 g/mol. The molecule has 0 aromatic carbocycles. The van der Waals surface area contributed by atoms with E-state index in [9.17, 15) is 0 Å². The molecule has 1 saturated carbocycles. The molecule has 0 aromatic rings. The second kappa shape index (κ2) is 5.78. The molecule has 0 heteroatoms. The number of hydrogen-bond acceptors (Lipinski definition) is 0. The van der Waals surface area contributed by atoms with Crippen LogP contribution >= 0.6 is 0 Å². The quantitative estimate of drug-likeness (QED) is 0.501. The Kier molecular flexibility index (Phi) is 4.98. The van der Waals surface area contributed by atoms with Crippen LogP contribution in [-0.2, 0) is 0 Å². The fourth-order valence-corrected chi connectivity index (χ4v) is 2.95. The van der Waals surface area contributed by atoms with Gasteiger partial charge >= 0.3 is 0 Å². The molecule has 0 N–H and O–H groups in total. The normalized spacial score (nSPS) is 30.6. The highest BCUT2D eigenvalue weighted by molar-refractivity contribution is 4.72. The third-order valence-corrected chi connectivity index (χ3v) is 3.70. The molecular weight excluding hydrogens is 168 g/mol. The standard InChI is InChI=1S/C14H28/c1-13-10-8-6-4-5-7-9-11-14(2,3)12-13/h13H,4-12H2,1-3H3. The van der Waals surface area contributed by atoms with Crippen LogP contribution < -0.4 is 0 Å². The van der Waals surface area contributed by atoms with Crippen molar-refractivity contribution in [1.82, 2.24) is 0 Å². The molecule has 14 heavy (non-hydrogen) atoms. The maximum atomic E-state index is 2.46. The van der Waals surface area contributed by atoms with Crippen molar-refractivity contribution in [2.75, 3.05) is 0 Å². The summed E-state index contributed by atoms with van der Waals surface area (Å²) in [7, 11) is 0. The average Bonchev–Trinajstić information content (AvgIpc) is 2.10. The van der Waals surface area contributed by atoms with Crippen molar-refractivity contribution in [1.29, 1.82) is 0 Å². The zero-order chi connectivity index (χ0) is 10.4. The van der Waals surface area contributed by atoms with Gasteiger partial charge < -0.3 is 0 Å². The van der Waals surface area contributed by atoms with Gasteiger partial charge in [-0.05, 0) is 24.2 Å². The molecule has 0 spiro atoms. The van der Waals surface area contributed by atoms with E-state index in [-0.39, 0.29) is 0 Å². The van der Waals surface area contributed by atoms with Crippen molar-refractivity contribution in [3.63, 3.8) is 0 Å². The topological polar surface area (TPSA) is 0 Å². The molecule has 84 valence electrons. The van der Waals surface area contributed by atoms with Crippen LogP contribution in [-0.4, -0.2) is 0 Å². The maximum Gasteiger partial charge on any atom is -0.0352 e. The van der Waals surface area contributed by atoms with Gasteiger partial charge in [-0.25, -0.2) is 0 Å². The highest BCUT2D eigenvalue weighted by Gasteiger charge is 2.20. The second-order valence-electron chi connectivity index (χ2n) is 6.13. The molecule has 0 nitrogen and oxygen atoms in total. The maximum absolute atomic E-state index is 2.46. The SMILES string of the molecule is CC1CCCCCCCCC(C)(C)C1. The van der Waals surface area contributed by atoms with Gasteiger partial charge in [-0.1, -0.05) is 65.7 Å². The molecule has 0 heterocycles. The van der Waals surface area contributed by atoms with E-state index < -0.39 is 0 Å². The predicted molar refractivity (Wildman–Crippen MR) is 64.5 cm³/mol. The molecule has 1 aliphatic rings. The van der Waals surface area contributed by atoms with Crippen LogP contribution in [0.15, 0.2) is 0 Å². The molecule has 0 bridgehead atoms. The molecule has 0 radical (unpaired) electrons. The summed E-state index contributed by atoms with van der Waals surface area (Å²) >= 11 is 0. The van der Waals surface area contributed by atoms with Gasteiger partial charge in [0, 0.05) is 0 Å². The van der Waals surface area contributed by atoms with Gasteiger partial charge in [0.05, 0.1) is 0 Å². The second-order valence-corrected chi connectivity index (χ2v) is 6.13. The van der Waals surface area contributed by atoms with E-state index in [1.807, 2.05) is 0 Å². The molecule has 0 aliphatic heterocycles. The lowest BCUT2D eigenvalue weighted by Gasteiger charge is -2.27. The summed E-state index contributed by atoms with van der Waals surface area (Å²) in [6.07, 6.45) is 13.2. The van der Waals surface area contributed by atoms with Crippen molar-refractivity contribution in [3.8, 4) is 0 Å². The van der Waals surface area contributed by atoms with Gasteiger partial charge in [-0.3, -0.25) is 0 Å². The molecule has 1 fully saturated rings. The zero-order valence-corrected chi connectivity index (χ0v) is 10.4. The molecule has 1 unspecified atom stereocenters. The molecule has 0 aromatic heterocycles. The molecular formula is C14H28. The highest BCUT2D eigenvalue weighted by Crippen LogP contribution is 2.34. The summed E-state index contributed by atoms with van der Waals surface area (Å²) in [5, 5.41) is 0. The molecule has 1 rings (SSSR count). The smallest absolute Gasteiger partial charge is 0.0352 e. The summed E-state index contributed by atoms with van der Waals surface area (Å²) in [5.74, 6) is 0.947. The summed E-state index contributed by atoms with van der Waals surface area (Å²) in [6, 6.07) is 0. The molecule has 0 saturated heterocycles. The summed E-state index contributed by atoms with van der Waals surface area (Å²) < 4.78 is 0. The van der Waals surface area contributed by atoms with E-state index in [1.54, 1.807) is 0 Å². The van der Waals surface area contributed by atoms with Crippen molar-refractivity contribution >= 4 is 0 Å². The van der Waals surface area contributed by atoms with E-state index in [0.717, 1.165) is 5.92 Å². The first-order chi connectivity index (χ1) is 6.60. The minimum Gasteiger partial charge on any atom is -0.0625 e. The van der Waals surface area contributed by atoms with Gasteiger partial charge in [0.2, 0.25) is 0 Å². The van der Waals surface area contributed by atoms with Crippen LogP contribution in [0.5, 0.6) is 0 Å². The lowest BCUT2D eigenvalue weighted by Crippen LogP contribution is -2.15. The Morgan fingerprint density at radius 1 is 0.857 bits per heavy atom. The Balaban J connectivity index is 2.40. The van der Waals surface area contributed by atoms with Crippen LogP contribution in [0.1, 0.15) is 78.6 Å².